The SMILES string of the molecule is CCCCCOC(P(=O)([O-])O)P(=O)(O)O.[K+]. The van der Waals surface area contributed by atoms with Gasteiger partial charge >= 0.3 is 59.0 Å². The van der Waals surface area contributed by atoms with Crippen LogP contribution in [0.3, 0.4) is 0 Å². The molecule has 3 N–H and O–H groups in total. The van der Waals surface area contributed by atoms with Gasteiger partial charge in [0, 0.05) is 6.61 Å². The van der Waals surface area contributed by atoms with Crippen LogP contribution in [0, 0.1) is 0 Å². The number of hydrogen-bond donors (Lipinski definition) is 3. The van der Waals surface area contributed by atoms with E-state index in [1.54, 1.807) is 0 Å². The number of rotatable bonds is 7. The fourth-order valence-electron chi connectivity index (χ4n) is 0.922. The van der Waals surface area contributed by atoms with E-state index in [9.17, 15) is 14.0 Å². The van der Waals surface area contributed by atoms with Gasteiger partial charge in [0.1, 0.15) is 0 Å². The maximum absolute atomic E-state index is 10.7. The summed E-state index contributed by atoms with van der Waals surface area (Å²) >= 11 is 0. The van der Waals surface area contributed by atoms with E-state index in [4.69, 9.17) is 14.7 Å². The molecule has 0 saturated heterocycles. The van der Waals surface area contributed by atoms with Crippen molar-refractivity contribution in [3.8, 4) is 0 Å². The molecule has 16 heavy (non-hydrogen) atoms. The van der Waals surface area contributed by atoms with Gasteiger partial charge in [-0.2, -0.15) is 0 Å². The Balaban J connectivity index is 0. The van der Waals surface area contributed by atoms with Crippen LogP contribution in [0.5, 0.6) is 0 Å². The minimum absolute atomic E-state index is 0. The van der Waals surface area contributed by atoms with E-state index >= 15 is 0 Å². The van der Waals surface area contributed by atoms with E-state index in [1.165, 1.54) is 0 Å². The van der Waals surface area contributed by atoms with Crippen LogP contribution in [0.15, 0.2) is 0 Å². The Hall–Kier alpha value is 1.90. The summed E-state index contributed by atoms with van der Waals surface area (Å²) in [5.41, 5.74) is -2.44. The van der Waals surface area contributed by atoms with Gasteiger partial charge in [-0.25, -0.2) is 0 Å². The summed E-state index contributed by atoms with van der Waals surface area (Å²) in [4.78, 5) is 36.4. The third kappa shape index (κ3) is 8.91. The van der Waals surface area contributed by atoms with Gasteiger partial charge in [-0.15, -0.1) is 0 Å². The molecule has 2 unspecified atom stereocenters. The van der Waals surface area contributed by atoms with Crippen molar-refractivity contribution in [1.29, 1.82) is 0 Å². The smallest absolute Gasteiger partial charge is 0.776 e. The molecule has 0 aliphatic rings. The summed E-state index contributed by atoms with van der Waals surface area (Å²) < 4.78 is 25.8. The molecule has 0 bridgehead atoms. The number of hydrogen-bond acceptors (Lipinski definition) is 4. The Morgan fingerprint density at radius 1 is 1.25 bits per heavy atom. The van der Waals surface area contributed by atoms with Gasteiger partial charge < -0.3 is 28.9 Å². The Morgan fingerprint density at radius 2 is 1.75 bits per heavy atom. The molecule has 7 nitrogen and oxygen atoms in total. The molecular formula is C6H15KO7P2. The minimum atomic E-state index is -5.18. The first-order valence-corrected chi connectivity index (χ1v) is 7.72. The average Bonchev–Trinajstić information content (AvgIpc) is 1.99. The van der Waals surface area contributed by atoms with Crippen molar-refractivity contribution in [1.82, 2.24) is 0 Å². The second-order valence-electron chi connectivity index (χ2n) is 3.06. The van der Waals surface area contributed by atoms with Crippen LogP contribution < -0.4 is 56.3 Å². The van der Waals surface area contributed by atoms with Crippen molar-refractivity contribution in [2.24, 2.45) is 0 Å². The Morgan fingerprint density at radius 3 is 2.06 bits per heavy atom. The molecule has 0 heterocycles. The summed E-state index contributed by atoms with van der Waals surface area (Å²) in [7, 11) is -10.2. The van der Waals surface area contributed by atoms with Gasteiger partial charge in [-0.05, 0) is 6.42 Å². The summed E-state index contributed by atoms with van der Waals surface area (Å²) in [5, 5.41) is 0. The molecule has 0 aromatic carbocycles. The molecule has 0 amide bonds. The molecule has 0 aromatic rings. The van der Waals surface area contributed by atoms with Gasteiger partial charge in [0.05, 0.1) is 0 Å². The van der Waals surface area contributed by atoms with E-state index in [0.717, 1.165) is 12.8 Å². The first kappa shape index (κ1) is 20.2. The van der Waals surface area contributed by atoms with E-state index in [0.29, 0.717) is 6.42 Å². The Kier molecular flexibility index (Phi) is 11.3. The largest absolute Gasteiger partial charge is 1.00 e. The first-order chi connectivity index (χ1) is 6.69. The van der Waals surface area contributed by atoms with Crippen molar-refractivity contribution in [2.45, 2.75) is 31.8 Å². The van der Waals surface area contributed by atoms with Gasteiger partial charge in [-0.1, -0.05) is 19.8 Å². The van der Waals surface area contributed by atoms with Crippen LogP contribution in [0.25, 0.3) is 0 Å². The molecule has 92 valence electrons. The van der Waals surface area contributed by atoms with Crippen molar-refractivity contribution < 1.29 is 84.8 Å². The average molecular weight is 300 g/mol. The molecule has 0 spiro atoms. The second kappa shape index (κ2) is 8.91. The van der Waals surface area contributed by atoms with Gasteiger partial charge in [0.15, 0.2) is 7.60 Å². The fraction of sp³-hybridized carbons (Fsp3) is 1.00. The topological polar surface area (TPSA) is 127 Å². The summed E-state index contributed by atoms with van der Waals surface area (Å²) in [5.74, 6) is 0. The molecule has 0 aliphatic heterocycles. The fourth-order valence-corrected chi connectivity index (χ4v) is 3.04. The molecule has 0 fully saturated rings. The molecule has 0 aliphatic carbocycles. The third-order valence-corrected chi connectivity index (χ3v) is 4.79. The van der Waals surface area contributed by atoms with E-state index < -0.39 is 20.8 Å². The van der Waals surface area contributed by atoms with Crippen LogP contribution in [0.2, 0.25) is 0 Å². The van der Waals surface area contributed by atoms with Crippen LogP contribution in [-0.4, -0.2) is 26.9 Å². The quantitative estimate of drug-likeness (QED) is 0.263. The van der Waals surface area contributed by atoms with E-state index in [1.807, 2.05) is 6.92 Å². The Bertz CT molecular complexity index is 250. The van der Waals surface area contributed by atoms with Crippen LogP contribution >= 0.6 is 15.2 Å². The minimum Gasteiger partial charge on any atom is -0.776 e. The maximum atomic E-state index is 10.7. The van der Waals surface area contributed by atoms with E-state index in [-0.39, 0.29) is 58.0 Å². The van der Waals surface area contributed by atoms with Gasteiger partial charge in [0.2, 0.25) is 5.59 Å². The predicted molar refractivity (Wildman–Crippen MR) is 51.1 cm³/mol. The van der Waals surface area contributed by atoms with Crippen molar-refractivity contribution in [3.63, 3.8) is 0 Å². The monoisotopic (exact) mass is 300 g/mol. The summed E-state index contributed by atoms with van der Waals surface area (Å²) in [6.45, 7) is 1.79. The normalized spacial score (nSPS) is 17.3. The van der Waals surface area contributed by atoms with Crippen LogP contribution in [0.1, 0.15) is 26.2 Å². The molecule has 0 saturated carbocycles. The first-order valence-electron chi connectivity index (χ1n) is 4.40. The van der Waals surface area contributed by atoms with Crippen molar-refractivity contribution >= 4 is 15.2 Å². The number of unbranched alkanes of at least 4 members (excludes halogenated alkanes) is 2. The summed E-state index contributed by atoms with van der Waals surface area (Å²) in [6.07, 6.45) is 2.09. The van der Waals surface area contributed by atoms with Crippen molar-refractivity contribution in [3.05, 3.63) is 0 Å². The Labute approximate surface area is 137 Å². The predicted octanol–water partition coefficient (Wildman–Crippen LogP) is -2.80. The third-order valence-electron chi connectivity index (χ3n) is 1.58. The zero-order chi connectivity index (χ0) is 12.1. The summed E-state index contributed by atoms with van der Waals surface area (Å²) in [6, 6.07) is 0. The zero-order valence-corrected chi connectivity index (χ0v) is 14.2. The van der Waals surface area contributed by atoms with Crippen LogP contribution in [-0.2, 0) is 13.9 Å². The van der Waals surface area contributed by atoms with E-state index in [2.05, 4.69) is 4.74 Å². The number of ether oxygens (including phenoxy) is 1. The standard InChI is InChI=1S/C6H16O7P2.K/c1-2-3-4-5-13-6(14(7,8)9)15(10,11)12;/h6H,2-5H2,1H3,(H2,7,8,9)(H2,10,11,12);/q;+1/p-1. The molecule has 0 radical (unpaired) electrons. The molecule has 0 aromatic heterocycles. The molecule has 0 rings (SSSR count). The van der Waals surface area contributed by atoms with Crippen molar-refractivity contribution in [2.75, 3.05) is 6.61 Å². The molecule has 2 atom stereocenters. The zero-order valence-electron chi connectivity index (χ0n) is 9.27. The molecular weight excluding hydrogens is 285 g/mol. The van der Waals surface area contributed by atoms with Gasteiger partial charge in [0.25, 0.3) is 0 Å². The second-order valence-corrected chi connectivity index (χ2v) is 6.71. The maximum Gasteiger partial charge on any atom is 1.00 e. The van der Waals surface area contributed by atoms with Gasteiger partial charge in [-0.3, -0.25) is 4.57 Å². The van der Waals surface area contributed by atoms with Crippen LogP contribution in [0.4, 0.5) is 0 Å². The molecule has 10 heteroatoms.